The predicted molar refractivity (Wildman–Crippen MR) is 98.9 cm³/mol. The zero-order chi connectivity index (χ0) is 18.5. The van der Waals surface area contributed by atoms with Crippen LogP contribution < -0.4 is 10.1 Å². The van der Waals surface area contributed by atoms with Crippen molar-refractivity contribution in [3.8, 4) is 17.3 Å². The highest BCUT2D eigenvalue weighted by molar-refractivity contribution is 5.90. The Labute approximate surface area is 151 Å². The molecular formula is C19H21N5O2. The lowest BCUT2D eigenvalue weighted by Gasteiger charge is -2.10. The second-order valence-corrected chi connectivity index (χ2v) is 6.21. The van der Waals surface area contributed by atoms with Gasteiger partial charge in [-0.1, -0.05) is 18.2 Å². The third kappa shape index (κ3) is 4.66. The van der Waals surface area contributed by atoms with Crippen LogP contribution in [0.5, 0.6) is 5.75 Å². The van der Waals surface area contributed by atoms with Crippen molar-refractivity contribution in [3.05, 3.63) is 53.7 Å². The minimum absolute atomic E-state index is 0.0842. The molecule has 0 atom stereocenters. The van der Waals surface area contributed by atoms with E-state index in [9.17, 15) is 4.79 Å². The summed E-state index contributed by atoms with van der Waals surface area (Å²) in [5.74, 6) is 1.28. The topological polar surface area (TPSA) is 92.8 Å². The van der Waals surface area contributed by atoms with Gasteiger partial charge in [-0.3, -0.25) is 15.2 Å². The van der Waals surface area contributed by atoms with E-state index in [1.165, 1.54) is 0 Å². The molecule has 0 aliphatic carbocycles. The van der Waals surface area contributed by atoms with Crippen molar-refractivity contribution in [1.82, 2.24) is 20.2 Å². The predicted octanol–water partition coefficient (Wildman–Crippen LogP) is 3.14. The average Bonchev–Trinajstić information content (AvgIpc) is 3.03. The van der Waals surface area contributed by atoms with E-state index in [4.69, 9.17) is 4.74 Å². The number of H-pyrrole nitrogens is 1. The normalized spacial score (nSPS) is 10.8. The first-order valence-electron chi connectivity index (χ1n) is 8.41. The van der Waals surface area contributed by atoms with E-state index >= 15 is 0 Å². The maximum Gasteiger partial charge on any atom is 0.249 e. The molecule has 26 heavy (non-hydrogen) atoms. The molecule has 3 aromatic rings. The molecule has 0 aliphatic heterocycles. The number of nitrogens with one attached hydrogen (secondary N) is 2. The van der Waals surface area contributed by atoms with Crippen LogP contribution in [0.25, 0.3) is 11.5 Å². The van der Waals surface area contributed by atoms with Gasteiger partial charge in [-0.2, -0.15) is 4.98 Å². The van der Waals surface area contributed by atoms with E-state index in [2.05, 4.69) is 25.5 Å². The van der Waals surface area contributed by atoms with Gasteiger partial charge in [0.25, 0.3) is 0 Å². The van der Waals surface area contributed by atoms with E-state index in [1.807, 2.05) is 63.2 Å². The van der Waals surface area contributed by atoms with Gasteiger partial charge in [0.15, 0.2) is 5.82 Å². The molecule has 0 aliphatic rings. The summed E-state index contributed by atoms with van der Waals surface area (Å²) in [4.78, 5) is 20.9. The molecule has 0 bridgehead atoms. The second-order valence-electron chi connectivity index (χ2n) is 6.21. The van der Waals surface area contributed by atoms with Crippen LogP contribution in [0.1, 0.15) is 25.1 Å². The number of ether oxygens (including phenoxy) is 1. The van der Waals surface area contributed by atoms with Crippen LogP contribution in [0, 0.1) is 6.92 Å². The van der Waals surface area contributed by atoms with Gasteiger partial charge in [-0.25, -0.2) is 4.98 Å². The molecule has 7 heteroatoms. The smallest absolute Gasteiger partial charge is 0.249 e. The molecule has 0 fully saturated rings. The lowest BCUT2D eigenvalue weighted by atomic mass is 10.1. The number of nitrogens with zero attached hydrogens (tertiary/aromatic N) is 3. The fraction of sp³-hybridized carbons (Fsp3) is 0.263. The van der Waals surface area contributed by atoms with Crippen molar-refractivity contribution in [2.24, 2.45) is 0 Å². The number of benzene rings is 1. The van der Waals surface area contributed by atoms with Crippen LogP contribution in [-0.4, -0.2) is 32.2 Å². The van der Waals surface area contributed by atoms with Crippen molar-refractivity contribution >= 4 is 11.9 Å². The number of aryl methyl sites for hydroxylation is 1. The monoisotopic (exact) mass is 351 g/mol. The third-order valence-corrected chi connectivity index (χ3v) is 3.50. The molecule has 1 aromatic carbocycles. The minimum atomic E-state index is -0.200. The summed E-state index contributed by atoms with van der Waals surface area (Å²) in [5, 5.41) is 9.51. The fourth-order valence-corrected chi connectivity index (χ4v) is 2.46. The Balaban J connectivity index is 1.64. The van der Waals surface area contributed by atoms with Crippen molar-refractivity contribution in [2.75, 3.05) is 5.32 Å². The summed E-state index contributed by atoms with van der Waals surface area (Å²) in [6.07, 6.45) is 0.294. The van der Waals surface area contributed by atoms with Crippen LogP contribution in [-0.2, 0) is 11.2 Å². The molecule has 0 radical (unpaired) electrons. The largest absolute Gasteiger partial charge is 0.491 e. The fourth-order valence-electron chi connectivity index (χ4n) is 2.46. The van der Waals surface area contributed by atoms with Gasteiger partial charge in [0.05, 0.1) is 12.5 Å². The molecule has 3 rings (SSSR count). The zero-order valence-corrected chi connectivity index (χ0v) is 15.0. The maximum atomic E-state index is 12.3. The highest BCUT2D eigenvalue weighted by Gasteiger charge is 2.11. The minimum Gasteiger partial charge on any atom is -0.491 e. The van der Waals surface area contributed by atoms with Crippen molar-refractivity contribution in [1.29, 1.82) is 0 Å². The molecule has 0 saturated carbocycles. The number of aromatic amines is 1. The molecule has 2 heterocycles. The third-order valence-electron chi connectivity index (χ3n) is 3.50. The summed E-state index contributed by atoms with van der Waals surface area (Å²) in [6, 6.07) is 13.1. The van der Waals surface area contributed by atoms with E-state index < -0.39 is 0 Å². The Morgan fingerprint density at radius 1 is 1.19 bits per heavy atom. The van der Waals surface area contributed by atoms with Gasteiger partial charge in [-0.15, -0.1) is 5.10 Å². The van der Waals surface area contributed by atoms with Crippen LogP contribution in [0.4, 0.5) is 5.95 Å². The lowest BCUT2D eigenvalue weighted by molar-refractivity contribution is -0.115. The van der Waals surface area contributed by atoms with Crippen LogP contribution in [0.3, 0.4) is 0 Å². The average molecular weight is 351 g/mol. The summed E-state index contributed by atoms with van der Waals surface area (Å²) < 4.78 is 5.65. The number of amides is 1. The number of carbonyl (C=O) groups excluding carboxylic acids is 1. The van der Waals surface area contributed by atoms with Gasteiger partial charge >= 0.3 is 0 Å². The molecule has 2 aromatic heterocycles. The molecule has 0 saturated heterocycles. The number of anilines is 1. The summed E-state index contributed by atoms with van der Waals surface area (Å²) in [5.41, 5.74) is 2.42. The van der Waals surface area contributed by atoms with E-state index in [0.717, 1.165) is 17.0 Å². The van der Waals surface area contributed by atoms with E-state index in [-0.39, 0.29) is 24.4 Å². The van der Waals surface area contributed by atoms with Gasteiger partial charge in [0.1, 0.15) is 11.4 Å². The molecule has 2 N–H and O–H groups in total. The maximum absolute atomic E-state index is 12.3. The number of pyridine rings is 1. The Kier molecular flexibility index (Phi) is 5.26. The highest BCUT2D eigenvalue weighted by atomic mass is 16.5. The number of hydrogen-bond donors (Lipinski definition) is 2. The number of hydrogen-bond acceptors (Lipinski definition) is 5. The Bertz CT molecular complexity index is 904. The van der Waals surface area contributed by atoms with Gasteiger partial charge in [0.2, 0.25) is 11.9 Å². The lowest BCUT2D eigenvalue weighted by Crippen LogP contribution is -2.15. The Morgan fingerprint density at radius 2 is 2.00 bits per heavy atom. The van der Waals surface area contributed by atoms with E-state index in [0.29, 0.717) is 11.5 Å². The van der Waals surface area contributed by atoms with Crippen molar-refractivity contribution in [2.45, 2.75) is 33.3 Å². The summed E-state index contributed by atoms with van der Waals surface area (Å²) in [7, 11) is 0. The van der Waals surface area contributed by atoms with Gasteiger partial charge in [-0.05, 0) is 50.6 Å². The highest BCUT2D eigenvalue weighted by Crippen LogP contribution is 2.16. The molecule has 134 valence electrons. The molecule has 0 unspecified atom stereocenters. The van der Waals surface area contributed by atoms with Crippen LogP contribution >= 0.6 is 0 Å². The Hall–Kier alpha value is -3.22. The molecule has 1 amide bonds. The first-order chi connectivity index (χ1) is 12.5. The molecule has 0 spiro atoms. The van der Waals surface area contributed by atoms with Crippen molar-refractivity contribution < 1.29 is 9.53 Å². The van der Waals surface area contributed by atoms with E-state index in [1.54, 1.807) is 0 Å². The van der Waals surface area contributed by atoms with Crippen molar-refractivity contribution in [3.63, 3.8) is 0 Å². The van der Waals surface area contributed by atoms with Gasteiger partial charge < -0.3 is 4.74 Å². The molecular weight excluding hydrogens is 330 g/mol. The molecule has 7 nitrogen and oxygen atoms in total. The zero-order valence-electron chi connectivity index (χ0n) is 15.0. The number of aromatic nitrogens is 4. The SMILES string of the molecule is Cc1cccc(-c2nc(NC(=O)Cc3cccc(OC(C)C)c3)n[nH]2)n1. The standard InChI is InChI=1S/C19H21N5O2/c1-12(2)26-15-8-5-7-14(10-15)11-17(25)21-19-22-18(23-24-19)16-9-4-6-13(3)20-16/h4-10,12H,11H2,1-3H3,(H2,21,22,23,24,25). The number of carbonyl (C=O) groups is 1. The quantitative estimate of drug-likeness (QED) is 0.712. The first kappa shape index (κ1) is 17.6. The van der Waals surface area contributed by atoms with Crippen LogP contribution in [0.15, 0.2) is 42.5 Å². The summed E-state index contributed by atoms with van der Waals surface area (Å²) in [6.45, 7) is 5.83. The summed E-state index contributed by atoms with van der Waals surface area (Å²) >= 11 is 0. The second kappa shape index (κ2) is 7.77. The van der Waals surface area contributed by atoms with Gasteiger partial charge in [0, 0.05) is 5.69 Å². The first-order valence-corrected chi connectivity index (χ1v) is 8.41. The van der Waals surface area contributed by atoms with Crippen LogP contribution in [0.2, 0.25) is 0 Å². The Morgan fingerprint density at radius 3 is 2.77 bits per heavy atom. The number of rotatable bonds is 6.